The Kier molecular flexibility index (Phi) is 3.63. The van der Waals surface area contributed by atoms with Crippen molar-refractivity contribution in [1.82, 2.24) is 4.98 Å². The number of nitrogens with two attached hydrogens (primary N) is 1. The Labute approximate surface area is 133 Å². The van der Waals surface area contributed by atoms with Crippen LogP contribution in [0.25, 0.3) is 10.8 Å². The monoisotopic (exact) mass is 391 g/mol. The fourth-order valence-electron chi connectivity index (χ4n) is 2.05. The number of benzene rings is 2. The zero-order valence-corrected chi connectivity index (χ0v) is 13.6. The Balaban J connectivity index is 2.10. The van der Waals surface area contributed by atoms with Gasteiger partial charge in [0.2, 0.25) is 0 Å². The number of para-hydroxylation sites is 1. The molecule has 0 saturated heterocycles. The van der Waals surface area contributed by atoms with E-state index in [4.69, 9.17) is 5.73 Å². The van der Waals surface area contributed by atoms with Crippen LogP contribution in [-0.2, 0) is 0 Å². The standard InChI is InChI=1S/C15H11Br2N3/c16-11-2-1-3-12(17)15(11)20-13-5-4-9-8-19-7-6-10(9)14(13)18/h1-8,20H,18H2. The van der Waals surface area contributed by atoms with Gasteiger partial charge >= 0.3 is 0 Å². The Bertz CT molecular complexity index is 767. The molecule has 0 radical (unpaired) electrons. The van der Waals surface area contributed by atoms with E-state index in [-0.39, 0.29) is 0 Å². The smallest absolute Gasteiger partial charge is 0.0673 e. The van der Waals surface area contributed by atoms with Crippen LogP contribution in [0.15, 0.2) is 57.7 Å². The maximum Gasteiger partial charge on any atom is 0.0673 e. The van der Waals surface area contributed by atoms with Crippen LogP contribution < -0.4 is 11.1 Å². The molecular weight excluding hydrogens is 382 g/mol. The van der Waals surface area contributed by atoms with Crippen molar-refractivity contribution in [3.63, 3.8) is 0 Å². The summed E-state index contributed by atoms with van der Waals surface area (Å²) in [6, 6.07) is 11.8. The summed E-state index contributed by atoms with van der Waals surface area (Å²) < 4.78 is 1.95. The highest BCUT2D eigenvalue weighted by Gasteiger charge is 2.09. The van der Waals surface area contributed by atoms with Crippen molar-refractivity contribution in [2.45, 2.75) is 0 Å². The zero-order valence-electron chi connectivity index (χ0n) is 10.4. The molecule has 0 fully saturated rings. The van der Waals surface area contributed by atoms with Crippen LogP contribution >= 0.6 is 31.9 Å². The third kappa shape index (κ3) is 2.39. The lowest BCUT2D eigenvalue weighted by atomic mass is 10.1. The van der Waals surface area contributed by atoms with Crippen LogP contribution in [0.3, 0.4) is 0 Å². The second kappa shape index (κ2) is 5.42. The number of pyridine rings is 1. The molecule has 2 aromatic carbocycles. The highest BCUT2D eigenvalue weighted by molar-refractivity contribution is 9.11. The first-order valence-electron chi connectivity index (χ1n) is 6.00. The van der Waals surface area contributed by atoms with Crippen molar-refractivity contribution in [2.75, 3.05) is 11.1 Å². The first-order chi connectivity index (χ1) is 9.66. The molecule has 100 valence electrons. The lowest BCUT2D eigenvalue weighted by molar-refractivity contribution is 1.36. The largest absolute Gasteiger partial charge is 0.397 e. The number of nitrogens with one attached hydrogen (secondary N) is 1. The van der Waals surface area contributed by atoms with Gasteiger partial charge in [-0.25, -0.2) is 0 Å². The first kappa shape index (κ1) is 13.4. The van der Waals surface area contributed by atoms with Crippen molar-refractivity contribution in [2.24, 2.45) is 0 Å². The maximum atomic E-state index is 6.25. The zero-order chi connectivity index (χ0) is 14.1. The highest BCUT2D eigenvalue weighted by Crippen LogP contribution is 2.36. The summed E-state index contributed by atoms with van der Waals surface area (Å²) in [5.74, 6) is 0. The van der Waals surface area contributed by atoms with Gasteiger partial charge in [-0.15, -0.1) is 0 Å². The average molecular weight is 393 g/mol. The summed E-state index contributed by atoms with van der Waals surface area (Å²) in [6.07, 6.45) is 3.56. The number of aromatic nitrogens is 1. The maximum absolute atomic E-state index is 6.25. The molecule has 3 N–H and O–H groups in total. The molecule has 3 rings (SSSR count). The van der Waals surface area contributed by atoms with Crippen LogP contribution in [-0.4, -0.2) is 4.98 Å². The number of anilines is 3. The summed E-state index contributed by atoms with van der Waals surface area (Å²) in [6.45, 7) is 0. The predicted octanol–water partition coefficient (Wildman–Crippen LogP) is 5.09. The topological polar surface area (TPSA) is 50.9 Å². The molecular formula is C15H11Br2N3. The third-order valence-electron chi connectivity index (χ3n) is 3.08. The third-order valence-corrected chi connectivity index (χ3v) is 4.41. The van der Waals surface area contributed by atoms with Crippen LogP contribution in [0.1, 0.15) is 0 Å². The van der Waals surface area contributed by atoms with E-state index < -0.39 is 0 Å². The SMILES string of the molecule is Nc1c(Nc2c(Br)cccc2Br)ccc2cnccc12. The summed E-state index contributed by atoms with van der Waals surface area (Å²) in [4.78, 5) is 4.10. The Morgan fingerprint density at radius 1 is 1.00 bits per heavy atom. The molecule has 1 aromatic heterocycles. The van der Waals surface area contributed by atoms with Gasteiger partial charge in [-0.3, -0.25) is 4.98 Å². The molecule has 0 unspecified atom stereocenters. The second-order valence-electron chi connectivity index (χ2n) is 4.35. The number of halogens is 2. The summed E-state index contributed by atoms with van der Waals surface area (Å²) in [7, 11) is 0. The number of hydrogen-bond donors (Lipinski definition) is 2. The van der Waals surface area contributed by atoms with E-state index in [2.05, 4.69) is 42.2 Å². The van der Waals surface area contributed by atoms with E-state index in [1.807, 2.05) is 42.6 Å². The molecule has 0 atom stereocenters. The number of rotatable bonds is 2. The minimum absolute atomic E-state index is 0.715. The fourth-order valence-corrected chi connectivity index (χ4v) is 3.25. The van der Waals surface area contributed by atoms with Crippen LogP contribution in [0.5, 0.6) is 0 Å². The lowest BCUT2D eigenvalue weighted by Gasteiger charge is -2.14. The van der Waals surface area contributed by atoms with E-state index >= 15 is 0 Å². The molecule has 5 heteroatoms. The highest BCUT2D eigenvalue weighted by atomic mass is 79.9. The minimum Gasteiger partial charge on any atom is -0.397 e. The molecule has 0 aliphatic heterocycles. The number of hydrogen-bond acceptors (Lipinski definition) is 3. The predicted molar refractivity (Wildman–Crippen MR) is 91.3 cm³/mol. The van der Waals surface area contributed by atoms with Crippen molar-refractivity contribution in [3.8, 4) is 0 Å². The molecule has 0 aliphatic carbocycles. The van der Waals surface area contributed by atoms with E-state index in [1.54, 1.807) is 6.20 Å². The van der Waals surface area contributed by atoms with Gasteiger partial charge in [-0.2, -0.15) is 0 Å². The molecule has 0 aliphatic rings. The summed E-state index contributed by atoms with van der Waals surface area (Å²) in [5.41, 5.74) is 8.78. The van der Waals surface area contributed by atoms with Gasteiger partial charge in [0.25, 0.3) is 0 Å². The molecule has 0 amide bonds. The fraction of sp³-hybridized carbons (Fsp3) is 0. The van der Waals surface area contributed by atoms with E-state index in [0.29, 0.717) is 5.69 Å². The Morgan fingerprint density at radius 2 is 1.75 bits per heavy atom. The van der Waals surface area contributed by atoms with Gasteiger partial charge in [-0.1, -0.05) is 12.1 Å². The second-order valence-corrected chi connectivity index (χ2v) is 6.05. The van der Waals surface area contributed by atoms with Gasteiger partial charge in [0.1, 0.15) is 0 Å². The summed E-state index contributed by atoms with van der Waals surface area (Å²) >= 11 is 7.07. The summed E-state index contributed by atoms with van der Waals surface area (Å²) in [5, 5.41) is 5.38. The van der Waals surface area contributed by atoms with Crippen LogP contribution in [0, 0.1) is 0 Å². The van der Waals surface area contributed by atoms with Crippen molar-refractivity contribution in [3.05, 3.63) is 57.7 Å². The van der Waals surface area contributed by atoms with Gasteiger partial charge < -0.3 is 11.1 Å². The van der Waals surface area contributed by atoms with E-state index in [9.17, 15) is 0 Å². The molecule has 0 saturated carbocycles. The number of nitrogens with zero attached hydrogens (tertiary/aromatic N) is 1. The Morgan fingerprint density at radius 3 is 2.50 bits per heavy atom. The molecule has 3 nitrogen and oxygen atoms in total. The minimum atomic E-state index is 0.715. The molecule has 0 spiro atoms. The van der Waals surface area contributed by atoms with Crippen molar-refractivity contribution < 1.29 is 0 Å². The van der Waals surface area contributed by atoms with Crippen LogP contribution in [0.4, 0.5) is 17.1 Å². The molecule has 0 bridgehead atoms. The first-order valence-corrected chi connectivity index (χ1v) is 7.58. The average Bonchev–Trinajstić information content (AvgIpc) is 2.45. The van der Waals surface area contributed by atoms with Crippen LogP contribution in [0.2, 0.25) is 0 Å². The van der Waals surface area contributed by atoms with Gasteiger partial charge in [0.05, 0.1) is 17.1 Å². The quantitative estimate of drug-likeness (QED) is 0.597. The van der Waals surface area contributed by atoms with Gasteiger partial charge in [-0.05, 0) is 56.1 Å². The van der Waals surface area contributed by atoms with E-state index in [0.717, 1.165) is 31.1 Å². The molecule has 20 heavy (non-hydrogen) atoms. The lowest BCUT2D eigenvalue weighted by Crippen LogP contribution is -1.98. The Hall–Kier alpha value is -1.59. The number of fused-ring (bicyclic) bond motifs is 1. The van der Waals surface area contributed by atoms with Crippen molar-refractivity contribution in [1.29, 1.82) is 0 Å². The van der Waals surface area contributed by atoms with Gasteiger partial charge in [0, 0.05) is 32.1 Å². The van der Waals surface area contributed by atoms with E-state index in [1.165, 1.54) is 0 Å². The molecule has 3 aromatic rings. The molecule has 1 heterocycles. The number of nitrogen functional groups attached to an aromatic ring is 1. The normalized spacial score (nSPS) is 10.7. The van der Waals surface area contributed by atoms with Gasteiger partial charge in [0.15, 0.2) is 0 Å². The van der Waals surface area contributed by atoms with Crippen molar-refractivity contribution >= 4 is 59.7 Å².